The van der Waals surface area contributed by atoms with Crippen molar-refractivity contribution in [2.75, 3.05) is 26.5 Å². The van der Waals surface area contributed by atoms with E-state index in [1.807, 2.05) is 0 Å². The number of ether oxygens (including phenoxy) is 1. The molecule has 0 unspecified atom stereocenters. The summed E-state index contributed by atoms with van der Waals surface area (Å²) < 4.78 is 44.6. The molecule has 1 saturated heterocycles. The Kier molecular flexibility index (Phi) is 6.25. The molecule has 4 nitrogen and oxygen atoms in total. The number of hydrogen-bond donors (Lipinski definition) is 1. The summed E-state index contributed by atoms with van der Waals surface area (Å²) in [5, 5.41) is 3.07. The fourth-order valence-corrected chi connectivity index (χ4v) is 4.80. The van der Waals surface area contributed by atoms with Crippen LogP contribution >= 0.6 is 11.8 Å². The summed E-state index contributed by atoms with van der Waals surface area (Å²) in [4.78, 5) is 15.7. The molecule has 0 bridgehead atoms. The van der Waals surface area contributed by atoms with Gasteiger partial charge in [0.1, 0.15) is 5.75 Å². The number of hydrogen-bond acceptors (Lipinski definition) is 4. The zero-order chi connectivity index (χ0) is 19.6. The highest BCUT2D eigenvalue weighted by Gasteiger charge is 2.36. The predicted octanol–water partition coefficient (Wildman–Crippen LogP) is 4.18. The van der Waals surface area contributed by atoms with E-state index >= 15 is 0 Å². The number of nitrogens with zero attached hydrogens (tertiary/aromatic N) is 1. The van der Waals surface area contributed by atoms with Crippen LogP contribution in [0.1, 0.15) is 48.0 Å². The Bertz CT molecular complexity index is 665. The van der Waals surface area contributed by atoms with Gasteiger partial charge in [0, 0.05) is 17.0 Å². The van der Waals surface area contributed by atoms with E-state index in [1.165, 1.54) is 20.0 Å². The van der Waals surface area contributed by atoms with Crippen LogP contribution in [0.2, 0.25) is 0 Å². The van der Waals surface area contributed by atoms with Crippen molar-refractivity contribution in [2.24, 2.45) is 0 Å². The lowest BCUT2D eigenvalue weighted by atomic mass is 10.1. The molecular formula is C19H25F3N2O2S. The first-order valence-electron chi connectivity index (χ1n) is 9.23. The number of benzene rings is 1. The van der Waals surface area contributed by atoms with Crippen molar-refractivity contribution in [3.05, 3.63) is 23.3 Å². The summed E-state index contributed by atoms with van der Waals surface area (Å²) in [6.07, 6.45) is 2.52. The zero-order valence-corrected chi connectivity index (χ0v) is 16.4. The van der Waals surface area contributed by atoms with Crippen molar-refractivity contribution in [3.8, 4) is 5.75 Å². The first kappa shape index (κ1) is 20.3. The molecule has 1 amide bonds. The SMILES string of the molecule is COc1cc(C(F)(F)F)cc(SC)c1C(=O)N[C@H]1CCC[C@H]1N1CCCC1. The number of rotatable bonds is 5. The van der Waals surface area contributed by atoms with Crippen LogP contribution in [0.15, 0.2) is 17.0 Å². The molecule has 1 N–H and O–H groups in total. The molecule has 0 radical (unpaired) electrons. The summed E-state index contributed by atoms with van der Waals surface area (Å²) in [5.74, 6) is -0.400. The lowest BCUT2D eigenvalue weighted by molar-refractivity contribution is -0.137. The minimum absolute atomic E-state index is 0.0253. The molecule has 1 aromatic carbocycles. The highest BCUT2D eigenvalue weighted by Crippen LogP contribution is 2.38. The van der Waals surface area contributed by atoms with E-state index < -0.39 is 11.7 Å². The van der Waals surface area contributed by atoms with Gasteiger partial charge < -0.3 is 10.1 Å². The second-order valence-electron chi connectivity index (χ2n) is 7.07. The molecule has 0 spiro atoms. The molecule has 2 atom stereocenters. The fourth-order valence-electron chi connectivity index (χ4n) is 4.16. The monoisotopic (exact) mass is 402 g/mol. The highest BCUT2D eigenvalue weighted by molar-refractivity contribution is 7.98. The Morgan fingerprint density at radius 3 is 2.52 bits per heavy atom. The summed E-state index contributed by atoms with van der Waals surface area (Å²) in [5.41, 5.74) is -0.624. The topological polar surface area (TPSA) is 41.6 Å². The normalized spacial score (nSPS) is 23.6. The quantitative estimate of drug-likeness (QED) is 0.750. The Morgan fingerprint density at radius 1 is 1.22 bits per heavy atom. The first-order chi connectivity index (χ1) is 12.8. The number of nitrogens with one attached hydrogen (secondary N) is 1. The maximum Gasteiger partial charge on any atom is 0.416 e. The highest BCUT2D eigenvalue weighted by atomic mass is 32.2. The molecule has 1 saturated carbocycles. The van der Waals surface area contributed by atoms with Crippen LogP contribution in [-0.4, -0.2) is 49.3 Å². The standard InChI is InChI=1S/C19H25F3N2O2S/c1-26-15-10-12(19(20,21)22)11-16(27-2)17(15)18(25)23-13-6-5-7-14(13)24-8-3-4-9-24/h10-11,13-14H,3-9H2,1-2H3,(H,23,25)/t13-,14+/m0/s1. The maximum atomic E-state index is 13.1. The van der Waals surface area contributed by atoms with E-state index in [2.05, 4.69) is 10.2 Å². The van der Waals surface area contributed by atoms with Crippen LogP contribution in [0.25, 0.3) is 0 Å². The van der Waals surface area contributed by atoms with Crippen LogP contribution in [0.4, 0.5) is 13.2 Å². The molecule has 1 aliphatic carbocycles. The largest absolute Gasteiger partial charge is 0.496 e. The minimum Gasteiger partial charge on any atom is -0.496 e. The van der Waals surface area contributed by atoms with Gasteiger partial charge in [-0.05, 0) is 63.6 Å². The summed E-state index contributed by atoms with van der Waals surface area (Å²) in [7, 11) is 1.29. The van der Waals surface area contributed by atoms with Gasteiger partial charge in [0.25, 0.3) is 5.91 Å². The van der Waals surface area contributed by atoms with Crippen molar-refractivity contribution in [2.45, 2.75) is 55.3 Å². The molecule has 1 aromatic rings. The van der Waals surface area contributed by atoms with Crippen LogP contribution < -0.4 is 10.1 Å². The molecule has 1 aliphatic heterocycles. The van der Waals surface area contributed by atoms with Crippen LogP contribution in [0, 0.1) is 0 Å². The fraction of sp³-hybridized carbons (Fsp3) is 0.632. The third-order valence-electron chi connectivity index (χ3n) is 5.47. The van der Waals surface area contributed by atoms with Gasteiger partial charge in [0.15, 0.2) is 0 Å². The maximum absolute atomic E-state index is 13.1. The van der Waals surface area contributed by atoms with Crippen LogP contribution in [0.3, 0.4) is 0 Å². The average Bonchev–Trinajstić information content (AvgIpc) is 3.30. The first-order valence-corrected chi connectivity index (χ1v) is 10.5. The minimum atomic E-state index is -4.49. The lowest BCUT2D eigenvalue weighted by Gasteiger charge is -2.30. The Morgan fingerprint density at radius 2 is 1.93 bits per heavy atom. The van der Waals surface area contributed by atoms with Crippen molar-refractivity contribution < 1.29 is 22.7 Å². The van der Waals surface area contributed by atoms with E-state index in [1.54, 1.807) is 6.26 Å². The van der Waals surface area contributed by atoms with Gasteiger partial charge in [-0.15, -0.1) is 11.8 Å². The van der Waals surface area contributed by atoms with Crippen molar-refractivity contribution in [1.82, 2.24) is 10.2 Å². The molecular weight excluding hydrogens is 377 g/mol. The van der Waals surface area contributed by atoms with Crippen molar-refractivity contribution >= 4 is 17.7 Å². The molecule has 27 heavy (non-hydrogen) atoms. The van der Waals surface area contributed by atoms with Crippen molar-refractivity contribution in [1.29, 1.82) is 0 Å². The average molecular weight is 402 g/mol. The van der Waals surface area contributed by atoms with Crippen LogP contribution in [0.5, 0.6) is 5.75 Å². The van der Waals surface area contributed by atoms with Crippen molar-refractivity contribution in [3.63, 3.8) is 0 Å². The van der Waals surface area contributed by atoms with Gasteiger partial charge in [0.2, 0.25) is 0 Å². The molecule has 1 heterocycles. The van der Waals surface area contributed by atoms with Crippen LogP contribution in [-0.2, 0) is 6.18 Å². The zero-order valence-electron chi connectivity index (χ0n) is 15.6. The van der Waals surface area contributed by atoms with Gasteiger partial charge >= 0.3 is 6.18 Å². The Balaban J connectivity index is 1.85. The molecule has 0 aromatic heterocycles. The number of halogens is 3. The molecule has 3 rings (SSSR count). The van der Waals surface area contributed by atoms with E-state index in [-0.39, 0.29) is 28.2 Å². The van der Waals surface area contributed by atoms with Gasteiger partial charge in [-0.1, -0.05) is 0 Å². The second kappa shape index (κ2) is 8.31. The predicted molar refractivity (Wildman–Crippen MR) is 99.5 cm³/mol. The number of alkyl halides is 3. The van der Waals surface area contributed by atoms with Gasteiger partial charge in [-0.2, -0.15) is 13.2 Å². The molecule has 150 valence electrons. The van der Waals surface area contributed by atoms with E-state index in [4.69, 9.17) is 4.74 Å². The summed E-state index contributed by atoms with van der Waals surface area (Å²) in [6.45, 7) is 2.10. The molecule has 2 fully saturated rings. The summed E-state index contributed by atoms with van der Waals surface area (Å²) >= 11 is 1.12. The molecule has 8 heteroatoms. The number of carbonyl (C=O) groups excluding carboxylic acids is 1. The Labute approximate surface area is 161 Å². The van der Waals surface area contributed by atoms with Gasteiger partial charge in [0.05, 0.1) is 18.2 Å². The summed E-state index contributed by atoms with van der Waals surface area (Å²) in [6, 6.07) is 2.27. The molecule has 2 aliphatic rings. The van der Waals surface area contributed by atoms with Gasteiger partial charge in [-0.3, -0.25) is 9.69 Å². The number of likely N-dealkylation sites (tertiary alicyclic amines) is 1. The Hall–Kier alpha value is -1.41. The lowest BCUT2D eigenvalue weighted by Crippen LogP contribution is -2.47. The van der Waals surface area contributed by atoms with Gasteiger partial charge in [-0.25, -0.2) is 0 Å². The second-order valence-corrected chi connectivity index (χ2v) is 7.92. The van der Waals surface area contributed by atoms with E-state index in [0.29, 0.717) is 6.04 Å². The number of thioether (sulfide) groups is 1. The number of amides is 1. The number of carbonyl (C=O) groups is 1. The third kappa shape index (κ3) is 4.37. The van der Waals surface area contributed by atoms with E-state index in [9.17, 15) is 18.0 Å². The smallest absolute Gasteiger partial charge is 0.416 e. The number of methoxy groups -OCH3 is 1. The van der Waals surface area contributed by atoms with E-state index in [0.717, 1.165) is 56.2 Å². The third-order valence-corrected chi connectivity index (χ3v) is 6.23.